The van der Waals surface area contributed by atoms with Crippen LogP contribution in [0.2, 0.25) is 5.02 Å². The first-order valence-corrected chi connectivity index (χ1v) is 12.5. The number of hydrogen-bond acceptors (Lipinski definition) is 3. The highest BCUT2D eigenvalue weighted by atomic mass is 35.5. The van der Waals surface area contributed by atoms with Crippen LogP contribution < -0.4 is 16.0 Å². The van der Waals surface area contributed by atoms with Gasteiger partial charge >= 0.3 is 6.03 Å². The Balaban J connectivity index is 0.000000365. The van der Waals surface area contributed by atoms with Crippen molar-refractivity contribution in [2.24, 2.45) is 17.8 Å². The molecule has 0 atom stereocenters. The molecule has 0 heterocycles. The minimum absolute atomic E-state index is 0.0210. The van der Waals surface area contributed by atoms with Gasteiger partial charge in [-0.1, -0.05) is 79.1 Å². The third kappa shape index (κ3) is 11.0. The molecular weight excluding hydrogens is 462 g/mol. The van der Waals surface area contributed by atoms with Gasteiger partial charge in [0.2, 0.25) is 5.91 Å². The maximum Gasteiger partial charge on any atom is 0.319 e. The molecule has 0 radical (unpaired) electrons. The zero-order valence-electron chi connectivity index (χ0n) is 22.2. The summed E-state index contributed by atoms with van der Waals surface area (Å²) in [7, 11) is 0. The fourth-order valence-corrected chi connectivity index (χ4v) is 3.06. The van der Waals surface area contributed by atoms with Crippen LogP contribution in [-0.2, 0) is 4.79 Å². The zero-order valence-corrected chi connectivity index (χ0v) is 22.9. The Morgan fingerprint density at radius 1 is 0.829 bits per heavy atom. The number of anilines is 2. The quantitative estimate of drug-likeness (QED) is 0.330. The van der Waals surface area contributed by atoms with E-state index >= 15 is 0 Å². The fraction of sp³-hybridized carbons (Fsp3) is 0.464. The Morgan fingerprint density at radius 3 is 2.00 bits per heavy atom. The highest BCUT2D eigenvalue weighted by molar-refractivity contribution is 6.34. The van der Waals surface area contributed by atoms with E-state index in [1.807, 2.05) is 59.7 Å². The van der Waals surface area contributed by atoms with Gasteiger partial charge in [-0.25, -0.2) is 4.79 Å². The molecule has 2 aromatic carbocycles. The smallest absolute Gasteiger partial charge is 0.319 e. The first-order chi connectivity index (χ1) is 16.3. The second-order valence-electron chi connectivity index (χ2n) is 9.87. The van der Waals surface area contributed by atoms with E-state index in [2.05, 4.69) is 35.9 Å². The first kappa shape index (κ1) is 30.2. The standard InChI is InChI=1S/C15H21ClN2O2.C13H19NO/c1-9(2)8-17-15(20)18-13-6-5-11(7-12(13)16)14(19)10(3)4;1-9(2)11-6-5-7-12(8-11)14-13(15)10(3)4/h5-7,9-10H,8H2,1-4H3,(H2,17,18,20);5-10H,1-4H3,(H,14,15). The third-order valence-electron chi connectivity index (χ3n) is 5.04. The molecule has 3 amide bonds. The van der Waals surface area contributed by atoms with E-state index < -0.39 is 0 Å². The van der Waals surface area contributed by atoms with Crippen molar-refractivity contribution in [3.63, 3.8) is 0 Å². The van der Waals surface area contributed by atoms with Crippen LogP contribution in [0, 0.1) is 17.8 Å². The Hall–Kier alpha value is -2.86. The van der Waals surface area contributed by atoms with Crippen LogP contribution >= 0.6 is 11.6 Å². The summed E-state index contributed by atoms with van der Waals surface area (Å²) in [5.41, 5.74) is 3.18. The highest BCUT2D eigenvalue weighted by Gasteiger charge is 2.13. The molecule has 35 heavy (non-hydrogen) atoms. The predicted octanol–water partition coefficient (Wildman–Crippen LogP) is 7.36. The maximum absolute atomic E-state index is 11.8. The second kappa shape index (κ2) is 14.5. The summed E-state index contributed by atoms with van der Waals surface area (Å²) in [4.78, 5) is 35.0. The van der Waals surface area contributed by atoms with Crippen molar-refractivity contribution < 1.29 is 14.4 Å². The average Bonchev–Trinajstić information content (AvgIpc) is 2.79. The van der Waals surface area contributed by atoms with Gasteiger partial charge in [0, 0.05) is 29.6 Å². The van der Waals surface area contributed by atoms with Gasteiger partial charge in [0.1, 0.15) is 0 Å². The van der Waals surface area contributed by atoms with Crippen LogP contribution in [0.25, 0.3) is 0 Å². The summed E-state index contributed by atoms with van der Waals surface area (Å²) < 4.78 is 0. The molecule has 0 bridgehead atoms. The largest absolute Gasteiger partial charge is 0.338 e. The van der Waals surface area contributed by atoms with Crippen LogP contribution in [-0.4, -0.2) is 24.3 Å². The lowest BCUT2D eigenvalue weighted by Crippen LogP contribution is -2.31. The van der Waals surface area contributed by atoms with Gasteiger partial charge in [0.25, 0.3) is 0 Å². The molecule has 2 aromatic rings. The van der Waals surface area contributed by atoms with Gasteiger partial charge < -0.3 is 16.0 Å². The fourth-order valence-electron chi connectivity index (χ4n) is 2.83. The Morgan fingerprint density at radius 2 is 1.49 bits per heavy atom. The van der Waals surface area contributed by atoms with Gasteiger partial charge in [-0.15, -0.1) is 0 Å². The first-order valence-electron chi connectivity index (χ1n) is 12.1. The lowest BCUT2D eigenvalue weighted by molar-refractivity contribution is -0.118. The van der Waals surface area contributed by atoms with E-state index in [4.69, 9.17) is 11.6 Å². The number of amides is 3. The summed E-state index contributed by atoms with van der Waals surface area (Å²) in [5.74, 6) is 0.897. The zero-order chi connectivity index (χ0) is 26.7. The van der Waals surface area contributed by atoms with Crippen molar-refractivity contribution in [2.45, 2.75) is 61.3 Å². The molecule has 0 saturated carbocycles. The molecule has 0 spiro atoms. The van der Waals surface area contributed by atoms with Crippen molar-refractivity contribution in [1.29, 1.82) is 0 Å². The lowest BCUT2D eigenvalue weighted by Gasteiger charge is -2.12. The van der Waals surface area contributed by atoms with Crippen LogP contribution in [0.3, 0.4) is 0 Å². The molecular formula is C28H40ClN3O3. The normalized spacial score (nSPS) is 10.8. The lowest BCUT2D eigenvalue weighted by atomic mass is 10.0. The average molecular weight is 502 g/mol. The summed E-state index contributed by atoms with van der Waals surface area (Å²) in [6, 6.07) is 12.6. The van der Waals surface area contributed by atoms with Crippen molar-refractivity contribution in [3.8, 4) is 0 Å². The highest BCUT2D eigenvalue weighted by Crippen LogP contribution is 2.24. The molecule has 0 unspecified atom stereocenters. The van der Waals surface area contributed by atoms with E-state index in [0.717, 1.165) is 5.69 Å². The van der Waals surface area contributed by atoms with Gasteiger partial charge in [0.15, 0.2) is 5.78 Å². The van der Waals surface area contributed by atoms with Crippen LogP contribution in [0.4, 0.5) is 16.2 Å². The number of benzene rings is 2. The Labute approximate surface area is 215 Å². The molecule has 2 rings (SSSR count). The molecule has 0 aliphatic heterocycles. The summed E-state index contributed by atoms with van der Waals surface area (Å²) in [5, 5.41) is 8.66. The summed E-state index contributed by atoms with van der Waals surface area (Å²) in [6.45, 7) is 16.4. The Bertz CT molecular complexity index is 1000. The number of Topliss-reactive ketones (excluding diaryl/α,β-unsaturated/α-hetero) is 1. The number of halogens is 1. The van der Waals surface area contributed by atoms with E-state index in [9.17, 15) is 14.4 Å². The van der Waals surface area contributed by atoms with Crippen molar-refractivity contribution in [1.82, 2.24) is 5.32 Å². The monoisotopic (exact) mass is 501 g/mol. The number of carbonyl (C=O) groups excluding carboxylic acids is 3. The van der Waals surface area contributed by atoms with Crippen LogP contribution in [0.15, 0.2) is 42.5 Å². The molecule has 0 aliphatic rings. The SMILES string of the molecule is CC(C)C(=O)Nc1cccc(C(C)C)c1.CC(C)CNC(=O)Nc1ccc(C(=O)C(C)C)cc1Cl. The number of carbonyl (C=O) groups is 3. The van der Waals surface area contributed by atoms with Crippen molar-refractivity contribution in [2.75, 3.05) is 17.2 Å². The topological polar surface area (TPSA) is 87.3 Å². The molecule has 0 aliphatic carbocycles. The molecule has 0 aromatic heterocycles. The number of hydrogen-bond donors (Lipinski definition) is 3. The second-order valence-corrected chi connectivity index (χ2v) is 10.3. The minimum Gasteiger partial charge on any atom is -0.338 e. The molecule has 0 fully saturated rings. The van der Waals surface area contributed by atoms with E-state index in [-0.39, 0.29) is 29.6 Å². The van der Waals surface area contributed by atoms with Crippen molar-refractivity contribution in [3.05, 3.63) is 58.6 Å². The maximum atomic E-state index is 11.8. The third-order valence-corrected chi connectivity index (χ3v) is 5.35. The molecule has 6 nitrogen and oxygen atoms in total. The van der Waals surface area contributed by atoms with Gasteiger partial charge in [-0.2, -0.15) is 0 Å². The predicted molar refractivity (Wildman–Crippen MR) is 146 cm³/mol. The summed E-state index contributed by atoms with van der Waals surface area (Å²) >= 11 is 6.09. The number of rotatable bonds is 8. The van der Waals surface area contributed by atoms with Crippen LogP contribution in [0.5, 0.6) is 0 Å². The minimum atomic E-state index is -0.302. The van der Waals surface area contributed by atoms with E-state index in [1.165, 1.54) is 5.56 Å². The van der Waals surface area contributed by atoms with E-state index in [1.54, 1.807) is 18.2 Å². The molecule has 3 N–H and O–H groups in total. The number of urea groups is 1. The molecule has 192 valence electrons. The Kier molecular flexibility index (Phi) is 12.5. The van der Waals surface area contributed by atoms with E-state index in [0.29, 0.717) is 34.7 Å². The summed E-state index contributed by atoms with van der Waals surface area (Å²) in [6.07, 6.45) is 0. The van der Waals surface area contributed by atoms with Crippen molar-refractivity contribution >= 4 is 40.7 Å². The van der Waals surface area contributed by atoms with Gasteiger partial charge in [0.05, 0.1) is 10.7 Å². The van der Waals surface area contributed by atoms with Gasteiger partial charge in [-0.3, -0.25) is 9.59 Å². The number of nitrogens with one attached hydrogen (secondary N) is 3. The number of ketones is 1. The van der Waals surface area contributed by atoms with Gasteiger partial charge in [-0.05, 0) is 47.7 Å². The molecule has 7 heteroatoms. The molecule has 0 saturated heterocycles. The van der Waals surface area contributed by atoms with Crippen LogP contribution in [0.1, 0.15) is 77.2 Å².